The number of alkyl halides is 1. The van der Waals surface area contributed by atoms with E-state index in [-0.39, 0.29) is 5.92 Å². The van der Waals surface area contributed by atoms with E-state index in [2.05, 4.69) is 40.9 Å². The van der Waals surface area contributed by atoms with Crippen molar-refractivity contribution < 1.29 is 0 Å². The van der Waals surface area contributed by atoms with E-state index in [0.29, 0.717) is 11.4 Å². The Hall–Kier alpha value is -0.820. The van der Waals surface area contributed by atoms with E-state index in [1.807, 2.05) is 16.9 Å². The summed E-state index contributed by atoms with van der Waals surface area (Å²) in [5.74, 6) is 0.0188. The predicted octanol–water partition coefficient (Wildman–Crippen LogP) is 2.93. The van der Waals surface area contributed by atoms with Gasteiger partial charge >= 0.3 is 0 Å². The highest BCUT2D eigenvalue weighted by Gasteiger charge is 2.10. The van der Waals surface area contributed by atoms with Crippen LogP contribution in [-0.4, -0.2) is 15.1 Å². The van der Waals surface area contributed by atoms with Gasteiger partial charge in [-0.3, -0.25) is 4.68 Å². The molecule has 0 fully saturated rings. The van der Waals surface area contributed by atoms with Crippen molar-refractivity contribution in [1.82, 2.24) is 9.78 Å². The SMILES string of the molecule is CCC(C)n1ccc(CC(C#N)CBr)n1. The molecule has 2 atom stereocenters. The molecule has 0 saturated carbocycles. The highest BCUT2D eigenvalue weighted by molar-refractivity contribution is 9.09. The van der Waals surface area contributed by atoms with Gasteiger partial charge in [0.2, 0.25) is 0 Å². The van der Waals surface area contributed by atoms with E-state index in [0.717, 1.165) is 18.5 Å². The lowest BCUT2D eigenvalue weighted by atomic mass is 10.1. The average molecular weight is 270 g/mol. The second-order valence-electron chi connectivity index (χ2n) is 3.73. The molecule has 1 aromatic heterocycles. The minimum Gasteiger partial charge on any atom is -0.270 e. The van der Waals surface area contributed by atoms with Gasteiger partial charge in [-0.15, -0.1) is 0 Å². The Morgan fingerprint density at radius 3 is 2.93 bits per heavy atom. The molecule has 0 bridgehead atoms. The number of aromatic nitrogens is 2. The molecule has 15 heavy (non-hydrogen) atoms. The Bertz CT molecular complexity index is 340. The maximum atomic E-state index is 8.83. The van der Waals surface area contributed by atoms with Gasteiger partial charge in [-0.25, -0.2) is 0 Å². The number of halogens is 1. The Balaban J connectivity index is 2.64. The molecule has 0 aliphatic carbocycles. The van der Waals surface area contributed by atoms with Crippen LogP contribution in [0.4, 0.5) is 0 Å². The van der Waals surface area contributed by atoms with Crippen molar-refractivity contribution in [3.8, 4) is 6.07 Å². The Morgan fingerprint density at radius 1 is 1.67 bits per heavy atom. The molecule has 0 spiro atoms. The number of hydrogen-bond donors (Lipinski definition) is 0. The molecule has 0 saturated heterocycles. The molecular formula is C11H16BrN3. The molecule has 0 aromatic carbocycles. The molecule has 1 heterocycles. The van der Waals surface area contributed by atoms with Gasteiger partial charge in [0.05, 0.1) is 17.7 Å². The molecule has 0 aliphatic rings. The zero-order valence-electron chi connectivity index (χ0n) is 9.15. The quantitative estimate of drug-likeness (QED) is 0.772. The fraction of sp³-hybridized carbons (Fsp3) is 0.636. The fourth-order valence-electron chi connectivity index (χ4n) is 1.31. The lowest BCUT2D eigenvalue weighted by Crippen LogP contribution is -2.07. The van der Waals surface area contributed by atoms with Crippen molar-refractivity contribution in [2.45, 2.75) is 32.7 Å². The molecular weight excluding hydrogens is 254 g/mol. The molecule has 0 N–H and O–H groups in total. The van der Waals surface area contributed by atoms with Crippen molar-refractivity contribution >= 4 is 15.9 Å². The van der Waals surface area contributed by atoms with Crippen LogP contribution in [0.2, 0.25) is 0 Å². The fourth-order valence-corrected chi connectivity index (χ4v) is 1.68. The van der Waals surface area contributed by atoms with Crippen molar-refractivity contribution in [2.24, 2.45) is 5.92 Å². The number of rotatable bonds is 5. The summed E-state index contributed by atoms with van der Waals surface area (Å²) in [5, 5.41) is 14.0. The van der Waals surface area contributed by atoms with Crippen molar-refractivity contribution in [1.29, 1.82) is 5.26 Å². The van der Waals surface area contributed by atoms with Gasteiger partial charge in [0.15, 0.2) is 0 Å². The molecule has 1 rings (SSSR count). The van der Waals surface area contributed by atoms with Gasteiger partial charge in [0.1, 0.15) is 0 Å². The number of nitriles is 1. The van der Waals surface area contributed by atoms with E-state index in [9.17, 15) is 0 Å². The molecule has 82 valence electrons. The number of hydrogen-bond acceptors (Lipinski definition) is 2. The Morgan fingerprint density at radius 2 is 2.40 bits per heavy atom. The highest BCUT2D eigenvalue weighted by atomic mass is 79.9. The third kappa shape index (κ3) is 3.35. The average Bonchev–Trinajstić information content (AvgIpc) is 2.73. The van der Waals surface area contributed by atoms with Gasteiger partial charge in [-0.2, -0.15) is 10.4 Å². The third-order valence-electron chi connectivity index (χ3n) is 2.53. The Labute approximate surface area is 99.2 Å². The van der Waals surface area contributed by atoms with Gasteiger partial charge in [0, 0.05) is 24.0 Å². The first-order valence-corrected chi connectivity index (χ1v) is 6.33. The largest absolute Gasteiger partial charge is 0.270 e. The monoisotopic (exact) mass is 269 g/mol. The number of nitrogens with zero attached hydrogens (tertiary/aromatic N) is 3. The molecule has 3 nitrogen and oxygen atoms in total. The second kappa shape index (κ2) is 5.92. The summed E-state index contributed by atoms with van der Waals surface area (Å²) in [4.78, 5) is 0. The van der Waals surface area contributed by atoms with Crippen LogP contribution in [0.5, 0.6) is 0 Å². The normalized spacial score (nSPS) is 14.5. The van der Waals surface area contributed by atoms with Gasteiger partial charge in [-0.05, 0) is 19.4 Å². The van der Waals surface area contributed by atoms with E-state index in [4.69, 9.17) is 5.26 Å². The van der Waals surface area contributed by atoms with Gasteiger partial charge in [-0.1, -0.05) is 22.9 Å². The second-order valence-corrected chi connectivity index (χ2v) is 4.38. The Kier molecular flexibility index (Phi) is 4.83. The topological polar surface area (TPSA) is 41.6 Å². The van der Waals surface area contributed by atoms with Crippen LogP contribution >= 0.6 is 15.9 Å². The third-order valence-corrected chi connectivity index (χ3v) is 3.31. The standard InChI is InChI=1S/C11H16BrN3/c1-3-9(2)15-5-4-11(14-15)6-10(7-12)8-13/h4-5,9-10H,3,6-7H2,1-2H3. The smallest absolute Gasteiger partial charge is 0.0668 e. The van der Waals surface area contributed by atoms with Crippen LogP contribution < -0.4 is 0 Å². The van der Waals surface area contributed by atoms with E-state index in [1.165, 1.54) is 0 Å². The van der Waals surface area contributed by atoms with Crippen molar-refractivity contribution in [3.05, 3.63) is 18.0 Å². The molecule has 0 aliphatic heterocycles. The molecule has 4 heteroatoms. The first kappa shape index (κ1) is 12.3. The molecule has 0 amide bonds. The zero-order chi connectivity index (χ0) is 11.3. The van der Waals surface area contributed by atoms with Crippen LogP contribution in [-0.2, 0) is 6.42 Å². The predicted molar refractivity (Wildman–Crippen MR) is 63.8 cm³/mol. The summed E-state index contributed by atoms with van der Waals surface area (Å²) >= 11 is 3.33. The maximum absolute atomic E-state index is 8.83. The van der Waals surface area contributed by atoms with Crippen LogP contribution in [0, 0.1) is 17.2 Å². The van der Waals surface area contributed by atoms with Crippen LogP contribution in [0.25, 0.3) is 0 Å². The molecule has 2 unspecified atom stereocenters. The lowest BCUT2D eigenvalue weighted by Gasteiger charge is -2.08. The maximum Gasteiger partial charge on any atom is 0.0668 e. The summed E-state index contributed by atoms with van der Waals surface area (Å²) in [6.07, 6.45) is 3.79. The molecule has 1 aromatic rings. The zero-order valence-corrected chi connectivity index (χ0v) is 10.7. The van der Waals surface area contributed by atoms with Gasteiger partial charge in [0.25, 0.3) is 0 Å². The minimum absolute atomic E-state index is 0.0188. The van der Waals surface area contributed by atoms with Crippen molar-refractivity contribution in [3.63, 3.8) is 0 Å². The minimum atomic E-state index is 0.0188. The van der Waals surface area contributed by atoms with E-state index in [1.54, 1.807) is 0 Å². The first-order valence-electron chi connectivity index (χ1n) is 5.20. The summed E-state index contributed by atoms with van der Waals surface area (Å²) in [7, 11) is 0. The summed E-state index contributed by atoms with van der Waals surface area (Å²) < 4.78 is 1.97. The highest BCUT2D eigenvalue weighted by Crippen LogP contribution is 2.12. The van der Waals surface area contributed by atoms with Crippen LogP contribution in [0.1, 0.15) is 32.0 Å². The summed E-state index contributed by atoms with van der Waals surface area (Å²) in [6.45, 7) is 4.28. The van der Waals surface area contributed by atoms with E-state index >= 15 is 0 Å². The van der Waals surface area contributed by atoms with Crippen LogP contribution in [0.15, 0.2) is 12.3 Å². The summed E-state index contributed by atoms with van der Waals surface area (Å²) in [6, 6.07) is 4.69. The van der Waals surface area contributed by atoms with Gasteiger partial charge < -0.3 is 0 Å². The molecule has 0 radical (unpaired) electrons. The van der Waals surface area contributed by atoms with Crippen molar-refractivity contribution in [2.75, 3.05) is 5.33 Å². The van der Waals surface area contributed by atoms with E-state index < -0.39 is 0 Å². The first-order chi connectivity index (χ1) is 7.21. The summed E-state index contributed by atoms with van der Waals surface area (Å²) in [5.41, 5.74) is 1.00. The lowest BCUT2D eigenvalue weighted by molar-refractivity contribution is 0.472. The van der Waals surface area contributed by atoms with Crippen LogP contribution in [0.3, 0.4) is 0 Å².